The average molecular weight is 278 g/mol. The van der Waals surface area contributed by atoms with Gasteiger partial charge in [0.15, 0.2) is 0 Å². The van der Waals surface area contributed by atoms with Crippen LogP contribution in [0.4, 0.5) is 0 Å². The van der Waals surface area contributed by atoms with Gasteiger partial charge in [-0.25, -0.2) is 4.57 Å². The smallest absolute Gasteiger partial charge is 0.296 e. The van der Waals surface area contributed by atoms with Crippen molar-refractivity contribution in [3.63, 3.8) is 0 Å². The zero-order valence-corrected chi connectivity index (χ0v) is 10.6. The predicted molar refractivity (Wildman–Crippen MR) is 55.1 cm³/mol. The van der Waals surface area contributed by atoms with Gasteiger partial charge in [0.1, 0.15) is 0 Å². The van der Waals surface area contributed by atoms with Gasteiger partial charge in [0.2, 0.25) is 0 Å². The monoisotopic (exact) mass is 277 g/mol. The quantitative estimate of drug-likeness (QED) is 0.551. The summed E-state index contributed by atoms with van der Waals surface area (Å²) in [5.74, 6) is 0. The molecule has 0 aliphatic rings. The maximum absolute atomic E-state index is 11.8. The standard InChI is InChI=1S/C5H13BrNO3PS/c1-4-9-11(8,10-5-2)7(3)12-6/h4-5H2,1-3H3. The second kappa shape index (κ2) is 6.40. The van der Waals surface area contributed by atoms with Crippen LogP contribution in [0.1, 0.15) is 13.8 Å². The molecule has 0 aliphatic heterocycles. The molecule has 0 saturated heterocycles. The first-order valence-corrected chi connectivity index (χ1v) is 7.64. The predicted octanol–water partition coefficient (Wildman–Crippen LogP) is 3.06. The lowest BCUT2D eigenvalue weighted by Gasteiger charge is -2.22. The second-order valence-corrected chi connectivity index (χ2v) is 5.72. The van der Waals surface area contributed by atoms with Crippen LogP contribution in [0.5, 0.6) is 0 Å². The number of hydrogen-bond donors (Lipinski definition) is 0. The summed E-state index contributed by atoms with van der Waals surface area (Å²) in [6, 6.07) is 0. The molecule has 0 aromatic rings. The molecule has 0 bridgehead atoms. The van der Waals surface area contributed by atoms with Gasteiger partial charge in [-0.1, -0.05) is 0 Å². The summed E-state index contributed by atoms with van der Waals surface area (Å²) in [6.45, 7) is 4.29. The topological polar surface area (TPSA) is 38.8 Å². The van der Waals surface area contributed by atoms with Crippen molar-refractivity contribution in [3.8, 4) is 0 Å². The molecule has 0 heterocycles. The number of hydrogen-bond acceptors (Lipinski definition) is 4. The van der Waals surface area contributed by atoms with Gasteiger partial charge >= 0.3 is 7.75 Å². The molecule has 7 heteroatoms. The molecule has 0 spiro atoms. The lowest BCUT2D eigenvalue weighted by atomic mass is 10.9. The Balaban J connectivity index is 4.27. The first-order chi connectivity index (χ1) is 5.60. The zero-order chi connectivity index (χ0) is 9.61. The molecular weight excluding hydrogens is 265 g/mol. The molecule has 0 aliphatic carbocycles. The van der Waals surface area contributed by atoms with E-state index in [1.807, 2.05) is 0 Å². The van der Waals surface area contributed by atoms with Crippen molar-refractivity contribution in [2.75, 3.05) is 20.3 Å². The molecule has 0 rings (SSSR count). The lowest BCUT2D eigenvalue weighted by molar-refractivity contribution is 0.199. The van der Waals surface area contributed by atoms with Crippen molar-refractivity contribution in [3.05, 3.63) is 0 Å². The highest BCUT2D eigenvalue weighted by atomic mass is 79.9. The second-order valence-electron chi connectivity index (χ2n) is 1.84. The van der Waals surface area contributed by atoms with Crippen LogP contribution >= 0.6 is 32.9 Å². The van der Waals surface area contributed by atoms with E-state index in [1.54, 1.807) is 20.9 Å². The molecule has 0 N–H and O–H groups in total. The summed E-state index contributed by atoms with van der Waals surface area (Å²) in [5.41, 5.74) is 0. The van der Waals surface area contributed by atoms with Crippen LogP contribution in [-0.4, -0.2) is 24.3 Å². The summed E-state index contributed by atoms with van der Waals surface area (Å²) in [6.07, 6.45) is 0. The largest absolute Gasteiger partial charge is 0.418 e. The molecule has 0 aromatic heterocycles. The lowest BCUT2D eigenvalue weighted by Crippen LogP contribution is -2.09. The van der Waals surface area contributed by atoms with Crippen LogP contribution in [0.25, 0.3) is 0 Å². The van der Waals surface area contributed by atoms with E-state index in [2.05, 4.69) is 14.8 Å². The van der Waals surface area contributed by atoms with Gasteiger partial charge < -0.3 is 0 Å². The number of rotatable bonds is 6. The minimum atomic E-state index is -3.06. The van der Waals surface area contributed by atoms with E-state index in [-0.39, 0.29) is 0 Å². The van der Waals surface area contributed by atoms with Crippen molar-refractivity contribution in [1.29, 1.82) is 0 Å². The van der Waals surface area contributed by atoms with Crippen LogP contribution in [0.3, 0.4) is 0 Å². The van der Waals surface area contributed by atoms with Crippen molar-refractivity contribution >= 4 is 32.9 Å². The van der Waals surface area contributed by atoms with E-state index in [1.165, 1.54) is 4.08 Å². The Hall–Kier alpha value is 0.940. The first kappa shape index (κ1) is 12.9. The average Bonchev–Trinajstić information content (AvgIpc) is 2.04. The third-order valence-corrected chi connectivity index (χ3v) is 5.91. The van der Waals surface area contributed by atoms with Gasteiger partial charge in [0.05, 0.1) is 13.2 Å². The van der Waals surface area contributed by atoms with Gasteiger partial charge in [-0.15, -0.1) is 4.08 Å². The fourth-order valence-electron chi connectivity index (χ4n) is 0.564. The molecule has 0 radical (unpaired) electrons. The molecule has 0 aromatic carbocycles. The van der Waals surface area contributed by atoms with Gasteiger partial charge in [0.25, 0.3) is 0 Å². The Kier molecular flexibility index (Phi) is 6.90. The fourth-order valence-corrected chi connectivity index (χ4v) is 3.63. The molecule has 74 valence electrons. The van der Waals surface area contributed by atoms with E-state index >= 15 is 0 Å². The molecule has 0 atom stereocenters. The zero-order valence-electron chi connectivity index (χ0n) is 7.32. The van der Waals surface area contributed by atoms with Gasteiger partial charge in [-0.2, -0.15) is 0 Å². The summed E-state index contributed by atoms with van der Waals surface area (Å²) in [5, 5.41) is 0. The van der Waals surface area contributed by atoms with Gasteiger partial charge in [-0.05, 0) is 13.8 Å². The SMILES string of the molecule is CCOP(=O)(OCC)N(C)SBr. The highest BCUT2D eigenvalue weighted by Gasteiger charge is 2.29. The molecule has 0 amide bonds. The third-order valence-electron chi connectivity index (χ3n) is 1.03. The van der Waals surface area contributed by atoms with Gasteiger partial charge in [-0.3, -0.25) is 9.05 Å². The van der Waals surface area contributed by atoms with Crippen molar-refractivity contribution < 1.29 is 13.6 Å². The fraction of sp³-hybridized carbons (Fsp3) is 1.00. The van der Waals surface area contributed by atoms with E-state index in [9.17, 15) is 4.57 Å². The molecule has 4 nitrogen and oxygen atoms in total. The Morgan fingerprint density at radius 1 is 1.42 bits per heavy atom. The third kappa shape index (κ3) is 3.77. The Morgan fingerprint density at radius 3 is 2.08 bits per heavy atom. The molecule has 0 fully saturated rings. The molecule has 0 unspecified atom stereocenters. The van der Waals surface area contributed by atoms with Crippen molar-refractivity contribution in [1.82, 2.24) is 4.08 Å². The first-order valence-electron chi connectivity index (χ1n) is 3.52. The van der Waals surface area contributed by atoms with E-state index < -0.39 is 7.75 Å². The van der Waals surface area contributed by atoms with Crippen LogP contribution in [0, 0.1) is 0 Å². The van der Waals surface area contributed by atoms with Crippen molar-refractivity contribution in [2.24, 2.45) is 0 Å². The van der Waals surface area contributed by atoms with E-state index in [4.69, 9.17) is 9.05 Å². The normalized spacial score (nSPS) is 12.4. The summed E-state index contributed by atoms with van der Waals surface area (Å²) >= 11 is 3.10. The summed E-state index contributed by atoms with van der Waals surface area (Å²) in [7, 11) is -0.272. The molecule has 12 heavy (non-hydrogen) atoms. The Morgan fingerprint density at radius 2 is 1.83 bits per heavy atom. The minimum Gasteiger partial charge on any atom is -0.296 e. The van der Waals surface area contributed by atoms with E-state index in [0.29, 0.717) is 13.2 Å². The summed E-state index contributed by atoms with van der Waals surface area (Å²) in [4.78, 5) is 0. The maximum atomic E-state index is 11.8. The van der Waals surface area contributed by atoms with Crippen LogP contribution in [0.15, 0.2) is 0 Å². The highest BCUT2D eigenvalue weighted by molar-refractivity contribution is 9.49. The number of halogens is 1. The van der Waals surface area contributed by atoms with Crippen molar-refractivity contribution in [2.45, 2.75) is 13.8 Å². The highest BCUT2D eigenvalue weighted by Crippen LogP contribution is 2.55. The summed E-state index contributed by atoms with van der Waals surface area (Å²) < 4.78 is 23.3. The molecule has 0 saturated carbocycles. The minimum absolute atomic E-state index is 0.370. The Labute approximate surface area is 84.9 Å². The van der Waals surface area contributed by atoms with Gasteiger partial charge in [0, 0.05) is 32.2 Å². The Bertz CT molecular complexity index is 161. The molecular formula is C5H13BrNO3PS. The number of nitrogens with zero attached hydrogens (tertiary/aromatic N) is 1. The van der Waals surface area contributed by atoms with Crippen LogP contribution in [-0.2, 0) is 13.6 Å². The van der Waals surface area contributed by atoms with Crippen LogP contribution in [0.2, 0.25) is 0 Å². The maximum Gasteiger partial charge on any atom is 0.418 e. The van der Waals surface area contributed by atoms with E-state index in [0.717, 1.165) is 10.4 Å². The van der Waals surface area contributed by atoms with Crippen LogP contribution < -0.4 is 0 Å².